The first kappa shape index (κ1) is 14.9. The molecule has 5 nitrogen and oxygen atoms in total. The number of rotatable bonds is 4. The maximum absolute atomic E-state index is 12.7. The first-order valence-electron chi connectivity index (χ1n) is 4.62. The number of carboxylic acids is 1. The van der Waals surface area contributed by atoms with Gasteiger partial charge >= 0.3 is 12.3 Å². The minimum Gasteiger partial charge on any atom is -0.481 e. The SMILES string of the molecule is O=C(O)Cc1c[nH]c(=O)c(OC(F)(F)F)c1C(F)F. The Morgan fingerprint density at radius 3 is 2.42 bits per heavy atom. The monoisotopic (exact) mass is 287 g/mol. The summed E-state index contributed by atoms with van der Waals surface area (Å²) in [5, 5.41) is 8.47. The molecule has 0 spiro atoms. The van der Waals surface area contributed by atoms with E-state index in [4.69, 9.17) is 5.11 Å². The second-order valence-electron chi connectivity index (χ2n) is 3.30. The van der Waals surface area contributed by atoms with E-state index in [9.17, 15) is 31.5 Å². The molecule has 0 atom stereocenters. The largest absolute Gasteiger partial charge is 0.573 e. The van der Waals surface area contributed by atoms with Crippen molar-refractivity contribution in [3.8, 4) is 5.75 Å². The lowest BCUT2D eigenvalue weighted by Crippen LogP contribution is -2.25. The highest BCUT2D eigenvalue weighted by Gasteiger charge is 2.36. The number of aromatic nitrogens is 1. The van der Waals surface area contributed by atoms with E-state index in [2.05, 4.69) is 4.74 Å². The molecule has 2 N–H and O–H groups in total. The van der Waals surface area contributed by atoms with Gasteiger partial charge in [0.15, 0.2) is 0 Å². The molecule has 0 radical (unpaired) electrons. The van der Waals surface area contributed by atoms with Gasteiger partial charge in [-0.2, -0.15) is 0 Å². The Hall–Kier alpha value is -2.13. The summed E-state index contributed by atoms with van der Waals surface area (Å²) in [4.78, 5) is 23.2. The van der Waals surface area contributed by atoms with Gasteiger partial charge in [0.05, 0.1) is 12.0 Å². The summed E-state index contributed by atoms with van der Waals surface area (Å²) >= 11 is 0. The Kier molecular flexibility index (Phi) is 4.12. The summed E-state index contributed by atoms with van der Waals surface area (Å²) in [5.74, 6) is -3.20. The maximum Gasteiger partial charge on any atom is 0.573 e. The smallest absolute Gasteiger partial charge is 0.481 e. The van der Waals surface area contributed by atoms with Crippen molar-refractivity contribution in [3.05, 3.63) is 27.7 Å². The first-order valence-corrected chi connectivity index (χ1v) is 4.62. The number of aromatic amines is 1. The van der Waals surface area contributed by atoms with Gasteiger partial charge in [-0.05, 0) is 5.56 Å². The quantitative estimate of drug-likeness (QED) is 0.828. The molecule has 0 saturated heterocycles. The third kappa shape index (κ3) is 3.93. The number of aliphatic carboxylic acids is 1. The number of hydrogen-bond acceptors (Lipinski definition) is 3. The molecule has 0 aliphatic carbocycles. The number of pyridine rings is 1. The van der Waals surface area contributed by atoms with E-state index >= 15 is 0 Å². The van der Waals surface area contributed by atoms with Gasteiger partial charge in [0.25, 0.3) is 12.0 Å². The third-order valence-corrected chi connectivity index (χ3v) is 1.95. The van der Waals surface area contributed by atoms with E-state index in [0.29, 0.717) is 6.20 Å². The highest BCUT2D eigenvalue weighted by Crippen LogP contribution is 2.32. The molecule has 0 fully saturated rings. The molecule has 10 heteroatoms. The van der Waals surface area contributed by atoms with Crippen molar-refractivity contribution in [1.82, 2.24) is 4.98 Å². The fourth-order valence-corrected chi connectivity index (χ4v) is 1.33. The highest BCUT2D eigenvalue weighted by molar-refractivity contribution is 5.71. The third-order valence-electron chi connectivity index (χ3n) is 1.95. The van der Waals surface area contributed by atoms with E-state index in [1.165, 1.54) is 0 Å². The molecule has 0 unspecified atom stereocenters. The van der Waals surface area contributed by atoms with Crippen LogP contribution in [0.3, 0.4) is 0 Å². The second kappa shape index (κ2) is 5.24. The lowest BCUT2D eigenvalue weighted by atomic mass is 10.1. The summed E-state index contributed by atoms with van der Waals surface area (Å²) in [5.41, 5.74) is -3.58. The highest BCUT2D eigenvalue weighted by atomic mass is 19.4. The predicted molar refractivity (Wildman–Crippen MR) is 50.0 cm³/mol. The summed E-state index contributed by atoms with van der Waals surface area (Å²) in [6.07, 6.45) is -9.21. The van der Waals surface area contributed by atoms with Crippen LogP contribution in [-0.2, 0) is 11.2 Å². The topological polar surface area (TPSA) is 79.4 Å². The van der Waals surface area contributed by atoms with Crippen molar-refractivity contribution < 1.29 is 36.6 Å². The number of hydrogen-bond donors (Lipinski definition) is 2. The van der Waals surface area contributed by atoms with Crippen molar-refractivity contribution in [3.63, 3.8) is 0 Å². The second-order valence-corrected chi connectivity index (χ2v) is 3.30. The summed E-state index contributed by atoms with van der Waals surface area (Å²) in [7, 11) is 0. The van der Waals surface area contributed by atoms with Gasteiger partial charge in [-0.1, -0.05) is 0 Å². The molecular weight excluding hydrogens is 281 g/mol. The van der Waals surface area contributed by atoms with Crippen LogP contribution in [0.15, 0.2) is 11.0 Å². The molecule has 0 aliphatic rings. The molecule has 106 valence electrons. The number of alkyl halides is 5. The average molecular weight is 287 g/mol. The minimum absolute atomic E-state index is 0.612. The van der Waals surface area contributed by atoms with E-state index in [0.717, 1.165) is 0 Å². The number of halogens is 5. The fourth-order valence-electron chi connectivity index (χ4n) is 1.33. The van der Waals surface area contributed by atoms with E-state index in [1.807, 2.05) is 0 Å². The van der Waals surface area contributed by atoms with Gasteiger partial charge in [-0.15, -0.1) is 13.2 Å². The molecule has 0 aliphatic heterocycles. The molecule has 1 aromatic rings. The van der Waals surface area contributed by atoms with Crippen LogP contribution in [0.1, 0.15) is 17.6 Å². The van der Waals surface area contributed by atoms with Crippen molar-refractivity contribution in [2.24, 2.45) is 0 Å². The summed E-state index contributed by atoms with van der Waals surface area (Å²) in [6.45, 7) is 0. The molecule has 1 aromatic heterocycles. The molecular formula is C9H6F5NO4. The standard InChI is InChI=1S/C9H6F5NO4/c10-7(11)5-3(1-4(16)17)2-15-8(18)6(5)19-9(12,13)14/h2,7H,1H2,(H,15,18)(H,16,17). The Labute approximate surface area is 101 Å². The van der Waals surface area contributed by atoms with Crippen LogP contribution < -0.4 is 10.3 Å². The van der Waals surface area contributed by atoms with E-state index < -0.39 is 47.6 Å². The molecule has 1 heterocycles. The summed E-state index contributed by atoms with van der Waals surface area (Å²) in [6, 6.07) is 0. The Bertz CT molecular complexity index is 536. The van der Waals surface area contributed by atoms with Crippen LogP contribution in [0.4, 0.5) is 22.0 Å². The van der Waals surface area contributed by atoms with Crippen molar-refractivity contribution in [2.45, 2.75) is 19.2 Å². The Morgan fingerprint density at radius 2 is 2.00 bits per heavy atom. The van der Waals surface area contributed by atoms with Gasteiger partial charge in [0, 0.05) is 6.20 Å². The lowest BCUT2D eigenvalue weighted by Gasteiger charge is -2.14. The van der Waals surface area contributed by atoms with Crippen molar-refractivity contribution in [1.29, 1.82) is 0 Å². The molecule has 1 rings (SSSR count). The number of H-pyrrole nitrogens is 1. The van der Waals surface area contributed by atoms with E-state index in [-0.39, 0.29) is 0 Å². The number of carbonyl (C=O) groups is 1. The number of carboxylic acid groups (broad SMARTS) is 1. The Morgan fingerprint density at radius 1 is 1.42 bits per heavy atom. The fraction of sp³-hybridized carbons (Fsp3) is 0.333. The molecule has 0 aromatic carbocycles. The van der Waals surface area contributed by atoms with Gasteiger partial charge in [-0.3, -0.25) is 9.59 Å². The zero-order chi connectivity index (χ0) is 14.8. The van der Waals surface area contributed by atoms with Crippen molar-refractivity contribution in [2.75, 3.05) is 0 Å². The molecule has 0 bridgehead atoms. The lowest BCUT2D eigenvalue weighted by molar-refractivity contribution is -0.275. The zero-order valence-electron chi connectivity index (χ0n) is 8.92. The normalized spacial score (nSPS) is 11.7. The zero-order valence-corrected chi connectivity index (χ0v) is 8.92. The van der Waals surface area contributed by atoms with Gasteiger partial charge in [-0.25, -0.2) is 8.78 Å². The first-order chi connectivity index (χ1) is 8.61. The van der Waals surface area contributed by atoms with Gasteiger partial charge in [0.2, 0.25) is 5.75 Å². The van der Waals surface area contributed by atoms with Gasteiger partial charge < -0.3 is 14.8 Å². The molecule has 19 heavy (non-hydrogen) atoms. The minimum atomic E-state index is -5.35. The van der Waals surface area contributed by atoms with Crippen LogP contribution in [0, 0.1) is 0 Å². The average Bonchev–Trinajstić information content (AvgIpc) is 2.19. The van der Waals surface area contributed by atoms with Crippen LogP contribution >= 0.6 is 0 Å². The van der Waals surface area contributed by atoms with Gasteiger partial charge in [0.1, 0.15) is 0 Å². The summed E-state index contributed by atoms with van der Waals surface area (Å²) < 4.78 is 64.7. The number of nitrogens with one attached hydrogen (secondary N) is 1. The number of ether oxygens (including phenoxy) is 1. The maximum atomic E-state index is 12.7. The Balaban J connectivity index is 3.42. The van der Waals surface area contributed by atoms with Crippen LogP contribution in [0.25, 0.3) is 0 Å². The van der Waals surface area contributed by atoms with Crippen LogP contribution in [0.5, 0.6) is 5.75 Å². The van der Waals surface area contributed by atoms with Crippen LogP contribution in [0.2, 0.25) is 0 Å². The molecule has 0 saturated carbocycles. The van der Waals surface area contributed by atoms with E-state index in [1.54, 1.807) is 4.98 Å². The predicted octanol–water partition coefficient (Wildman–Crippen LogP) is 1.84. The van der Waals surface area contributed by atoms with Crippen LogP contribution in [-0.4, -0.2) is 22.4 Å². The van der Waals surface area contributed by atoms with Crippen molar-refractivity contribution >= 4 is 5.97 Å². The molecule has 0 amide bonds.